The van der Waals surface area contributed by atoms with E-state index in [0.717, 1.165) is 48.1 Å². The minimum atomic E-state index is 0.112. The van der Waals surface area contributed by atoms with Crippen LogP contribution in [0.2, 0.25) is 0 Å². The smallest absolute Gasteiger partial charge is 0.257 e. The second kappa shape index (κ2) is 7.56. The maximum absolute atomic E-state index is 13.0. The highest BCUT2D eigenvalue weighted by molar-refractivity contribution is 5.24. The zero-order valence-electron chi connectivity index (χ0n) is 15.6. The van der Waals surface area contributed by atoms with Crippen molar-refractivity contribution in [3.8, 4) is 0 Å². The van der Waals surface area contributed by atoms with E-state index < -0.39 is 0 Å². The quantitative estimate of drug-likeness (QED) is 0.564. The first-order valence-corrected chi connectivity index (χ1v) is 9.27. The Bertz CT molecular complexity index is 731. The van der Waals surface area contributed by atoms with Crippen molar-refractivity contribution in [2.45, 2.75) is 64.6 Å². The highest BCUT2D eigenvalue weighted by Crippen LogP contribution is 2.31. The number of nitrogens with zero attached hydrogens (tertiary/aromatic N) is 3. The van der Waals surface area contributed by atoms with Crippen LogP contribution in [0.25, 0.3) is 0 Å². The van der Waals surface area contributed by atoms with Gasteiger partial charge in [0.05, 0.1) is 12.2 Å². The van der Waals surface area contributed by atoms with Gasteiger partial charge in [0.2, 0.25) is 0 Å². The largest absolute Gasteiger partial charge is 0.492 e. The van der Waals surface area contributed by atoms with Crippen molar-refractivity contribution < 1.29 is 4.74 Å². The summed E-state index contributed by atoms with van der Waals surface area (Å²) in [5.41, 5.74) is 2.02. The van der Waals surface area contributed by atoms with Crippen molar-refractivity contribution in [1.29, 1.82) is 0 Å². The van der Waals surface area contributed by atoms with Gasteiger partial charge in [-0.2, -0.15) is 0 Å². The van der Waals surface area contributed by atoms with E-state index in [2.05, 4.69) is 18.5 Å². The molecule has 2 aliphatic carbocycles. The second-order valence-corrected chi connectivity index (χ2v) is 7.08. The van der Waals surface area contributed by atoms with Gasteiger partial charge in [-0.15, -0.1) is 0 Å². The molecule has 136 valence electrons. The highest BCUT2D eigenvalue weighted by atomic mass is 16.5. The molecule has 0 radical (unpaired) electrons. The van der Waals surface area contributed by atoms with Crippen LogP contribution in [-0.2, 0) is 24.1 Å². The van der Waals surface area contributed by atoms with Gasteiger partial charge in [-0.3, -0.25) is 9.36 Å². The molecule has 5 heteroatoms. The van der Waals surface area contributed by atoms with Crippen LogP contribution >= 0.6 is 0 Å². The van der Waals surface area contributed by atoms with Crippen LogP contribution < -0.4 is 5.56 Å². The number of allylic oxidation sites excluding steroid dienone is 2. The number of hydrogen-bond acceptors (Lipinski definition) is 4. The molecule has 2 aliphatic rings. The number of rotatable bonds is 7. The van der Waals surface area contributed by atoms with E-state index in [1.54, 1.807) is 10.6 Å². The van der Waals surface area contributed by atoms with Crippen LogP contribution in [0.1, 0.15) is 43.3 Å². The molecular weight excluding hydrogens is 314 g/mol. The number of likely N-dealkylation sites (N-methyl/N-ethyl adjacent to an activating group) is 1. The molecule has 1 atom stereocenters. The van der Waals surface area contributed by atoms with Crippen LogP contribution in [0, 0.1) is 6.92 Å². The first-order valence-electron chi connectivity index (χ1n) is 9.27. The molecule has 1 unspecified atom stereocenters. The minimum Gasteiger partial charge on any atom is -0.492 e. The summed E-state index contributed by atoms with van der Waals surface area (Å²) < 4.78 is 7.40. The van der Waals surface area contributed by atoms with Crippen molar-refractivity contribution in [3.05, 3.63) is 51.9 Å². The molecule has 5 nitrogen and oxygen atoms in total. The maximum atomic E-state index is 13.0. The predicted octanol–water partition coefficient (Wildman–Crippen LogP) is 2.61. The van der Waals surface area contributed by atoms with E-state index in [0.29, 0.717) is 19.2 Å². The maximum Gasteiger partial charge on any atom is 0.257 e. The Hall–Kier alpha value is -1.88. The number of aryl methyl sites for hydroxylation is 2. The van der Waals surface area contributed by atoms with Crippen molar-refractivity contribution in [2.75, 3.05) is 13.7 Å². The molecule has 0 N–H and O–H groups in total. The molecule has 0 saturated heterocycles. The first kappa shape index (κ1) is 17.9. The lowest BCUT2D eigenvalue weighted by atomic mass is 9.91. The number of ether oxygens (including phenoxy) is 1. The summed E-state index contributed by atoms with van der Waals surface area (Å²) in [6.45, 7) is 8.49. The van der Waals surface area contributed by atoms with Crippen molar-refractivity contribution >= 4 is 0 Å². The van der Waals surface area contributed by atoms with E-state index in [1.165, 1.54) is 12.8 Å². The molecular formula is C20H29N3O2. The highest BCUT2D eigenvalue weighted by Gasteiger charge is 2.34. The third-order valence-corrected chi connectivity index (χ3v) is 5.46. The van der Waals surface area contributed by atoms with Crippen LogP contribution in [0.5, 0.6) is 0 Å². The van der Waals surface area contributed by atoms with Gasteiger partial charge in [0, 0.05) is 17.6 Å². The molecule has 0 bridgehead atoms. The lowest BCUT2D eigenvalue weighted by Crippen LogP contribution is -2.42. The predicted molar refractivity (Wildman–Crippen MR) is 99.7 cm³/mol. The Balaban J connectivity index is 1.76. The normalized spacial score (nSPS) is 20.5. The summed E-state index contributed by atoms with van der Waals surface area (Å²) in [6.07, 6.45) is 8.97. The molecule has 1 fully saturated rings. The van der Waals surface area contributed by atoms with Gasteiger partial charge in [0.25, 0.3) is 5.56 Å². The monoisotopic (exact) mass is 343 g/mol. The molecule has 3 rings (SSSR count). The van der Waals surface area contributed by atoms with Gasteiger partial charge in [0.1, 0.15) is 18.2 Å². The zero-order valence-corrected chi connectivity index (χ0v) is 15.6. The van der Waals surface area contributed by atoms with E-state index in [4.69, 9.17) is 9.72 Å². The fourth-order valence-corrected chi connectivity index (χ4v) is 3.72. The minimum absolute atomic E-state index is 0.112. The lowest BCUT2D eigenvalue weighted by Gasteiger charge is -2.32. The summed E-state index contributed by atoms with van der Waals surface area (Å²) in [7, 11) is 2.20. The van der Waals surface area contributed by atoms with E-state index in [-0.39, 0.29) is 5.56 Å². The SMILES string of the molecule is C=C/C(=C\C)OCCn1c(C)nc2c(c1=O)CC(N(C)C1CC1)CC2. The van der Waals surface area contributed by atoms with E-state index >= 15 is 0 Å². The Kier molecular flexibility index (Phi) is 5.42. The topological polar surface area (TPSA) is 47.4 Å². The third-order valence-electron chi connectivity index (χ3n) is 5.46. The zero-order chi connectivity index (χ0) is 18.0. The summed E-state index contributed by atoms with van der Waals surface area (Å²) in [5.74, 6) is 1.52. The van der Waals surface area contributed by atoms with E-state index in [9.17, 15) is 4.79 Å². The fraction of sp³-hybridized carbons (Fsp3) is 0.600. The van der Waals surface area contributed by atoms with E-state index in [1.807, 2.05) is 19.9 Å². The standard InChI is InChI=1S/C20H29N3O2/c1-5-17(6-2)25-12-11-23-14(3)21-19-10-9-16(13-18(19)20(23)24)22(4)15-7-8-15/h5-6,15-16H,1,7-13H2,2-4H3/b17-6+. The molecule has 1 saturated carbocycles. The van der Waals surface area contributed by atoms with Crippen LogP contribution in [0.3, 0.4) is 0 Å². The molecule has 1 heterocycles. The van der Waals surface area contributed by atoms with Gasteiger partial charge < -0.3 is 9.64 Å². The molecule has 1 aromatic heterocycles. The van der Waals surface area contributed by atoms with Gasteiger partial charge in [-0.1, -0.05) is 6.58 Å². The third kappa shape index (κ3) is 3.87. The fourth-order valence-electron chi connectivity index (χ4n) is 3.72. The van der Waals surface area contributed by atoms with Crippen LogP contribution in [0.15, 0.2) is 29.3 Å². The molecule has 0 amide bonds. The Morgan fingerprint density at radius 2 is 2.16 bits per heavy atom. The lowest BCUT2D eigenvalue weighted by molar-refractivity contribution is 0.203. The Labute approximate surface area is 150 Å². The van der Waals surface area contributed by atoms with Gasteiger partial charge in [-0.25, -0.2) is 4.98 Å². The molecule has 0 aromatic carbocycles. The van der Waals surface area contributed by atoms with Crippen LogP contribution in [-0.4, -0.2) is 40.2 Å². The summed E-state index contributed by atoms with van der Waals surface area (Å²) in [4.78, 5) is 20.2. The molecule has 0 spiro atoms. The number of fused-ring (bicyclic) bond motifs is 1. The number of hydrogen-bond donors (Lipinski definition) is 0. The average Bonchev–Trinajstić information content (AvgIpc) is 3.45. The van der Waals surface area contributed by atoms with Crippen LogP contribution in [0.4, 0.5) is 0 Å². The first-order chi connectivity index (χ1) is 12.0. The van der Waals surface area contributed by atoms with Gasteiger partial charge >= 0.3 is 0 Å². The molecule has 25 heavy (non-hydrogen) atoms. The molecule has 0 aliphatic heterocycles. The van der Waals surface area contributed by atoms with Crippen molar-refractivity contribution in [3.63, 3.8) is 0 Å². The van der Waals surface area contributed by atoms with Crippen molar-refractivity contribution in [2.24, 2.45) is 0 Å². The van der Waals surface area contributed by atoms with Crippen molar-refractivity contribution in [1.82, 2.24) is 14.5 Å². The summed E-state index contributed by atoms with van der Waals surface area (Å²) >= 11 is 0. The average molecular weight is 343 g/mol. The second-order valence-electron chi connectivity index (χ2n) is 7.08. The van der Waals surface area contributed by atoms with Gasteiger partial charge in [-0.05, 0) is 65.2 Å². The number of aromatic nitrogens is 2. The van der Waals surface area contributed by atoms with Gasteiger partial charge in [0.15, 0.2) is 0 Å². The molecule has 1 aromatic rings. The summed E-state index contributed by atoms with van der Waals surface area (Å²) in [5, 5.41) is 0. The Morgan fingerprint density at radius 3 is 2.80 bits per heavy atom. The summed E-state index contributed by atoms with van der Waals surface area (Å²) in [6, 6.07) is 1.19. The Morgan fingerprint density at radius 1 is 1.40 bits per heavy atom.